The molecule has 3 atom stereocenters. The van der Waals surface area contributed by atoms with Gasteiger partial charge in [0.15, 0.2) is 5.69 Å². The predicted molar refractivity (Wildman–Crippen MR) is 76.4 cm³/mol. The van der Waals surface area contributed by atoms with Gasteiger partial charge < -0.3 is 9.84 Å². The molecule has 0 spiro atoms. The Labute approximate surface area is 136 Å². The Bertz CT molecular complexity index is 627. The molecular weight excluding hydrogens is 329 g/mol. The lowest BCUT2D eigenvalue weighted by Crippen LogP contribution is -2.33. The van der Waals surface area contributed by atoms with Gasteiger partial charge in [0.05, 0.1) is 24.8 Å². The van der Waals surface area contributed by atoms with Crippen molar-refractivity contribution in [3.05, 3.63) is 17.5 Å². The van der Waals surface area contributed by atoms with E-state index < -0.39 is 29.4 Å². The molecule has 1 N–H and O–H groups in total. The van der Waals surface area contributed by atoms with Gasteiger partial charge in [-0.1, -0.05) is 6.92 Å². The zero-order valence-electron chi connectivity index (χ0n) is 13.3. The van der Waals surface area contributed by atoms with Crippen LogP contribution in [0.5, 0.6) is 0 Å². The van der Waals surface area contributed by atoms with E-state index in [0.717, 1.165) is 10.9 Å². The lowest BCUT2D eigenvalue weighted by molar-refractivity contribution is -0.153. The number of carboxylic acids is 1. The van der Waals surface area contributed by atoms with E-state index in [1.807, 2.05) is 0 Å². The van der Waals surface area contributed by atoms with Gasteiger partial charge in [0, 0.05) is 0 Å². The summed E-state index contributed by atoms with van der Waals surface area (Å²) >= 11 is 0. The highest BCUT2D eigenvalue weighted by Crippen LogP contribution is 2.41. The maximum Gasteiger partial charge on any atom is 0.433 e. The van der Waals surface area contributed by atoms with Crippen LogP contribution < -0.4 is 0 Å². The maximum atomic E-state index is 13.3. The summed E-state index contributed by atoms with van der Waals surface area (Å²) in [6, 6.07) is -0.601. The van der Waals surface area contributed by atoms with Crippen LogP contribution in [0.2, 0.25) is 0 Å². The number of nitrogens with zero attached hydrogens (tertiary/aromatic N) is 2. The zero-order chi connectivity index (χ0) is 18.1. The SMILES string of the molecule is CCOC(=O)[C@@H]1CC[C@H](n2ncc(C(=O)O)c2C(F)(F)F)C[C@H]1C. The largest absolute Gasteiger partial charge is 0.478 e. The van der Waals surface area contributed by atoms with Gasteiger partial charge in [-0.05, 0) is 32.1 Å². The normalized spacial score (nSPS) is 24.6. The molecule has 24 heavy (non-hydrogen) atoms. The van der Waals surface area contributed by atoms with Crippen LogP contribution in [0.1, 0.15) is 55.2 Å². The molecule has 1 aliphatic rings. The number of hydrogen-bond donors (Lipinski definition) is 1. The standard InChI is InChI=1S/C15H19F3N2O4/c1-3-24-14(23)10-5-4-9(6-8(10)2)20-12(15(16,17)18)11(7-19-20)13(21)22/h7-10H,3-6H2,1-2H3,(H,21,22)/t8-,9+,10-/m1/s1. The van der Waals surface area contributed by atoms with E-state index >= 15 is 0 Å². The molecule has 9 heteroatoms. The quantitative estimate of drug-likeness (QED) is 0.846. The van der Waals surface area contributed by atoms with Gasteiger partial charge in [-0.3, -0.25) is 9.48 Å². The molecule has 0 aliphatic heterocycles. The van der Waals surface area contributed by atoms with E-state index in [4.69, 9.17) is 9.84 Å². The molecule has 1 heterocycles. The van der Waals surface area contributed by atoms with Crippen LogP contribution in [0.3, 0.4) is 0 Å². The van der Waals surface area contributed by atoms with Crippen LogP contribution >= 0.6 is 0 Å². The van der Waals surface area contributed by atoms with Crippen molar-refractivity contribution in [2.45, 2.75) is 45.3 Å². The van der Waals surface area contributed by atoms with Gasteiger partial charge in [-0.2, -0.15) is 18.3 Å². The molecule has 1 aliphatic carbocycles. The Hall–Kier alpha value is -2.06. The summed E-state index contributed by atoms with van der Waals surface area (Å²) in [4.78, 5) is 22.9. The van der Waals surface area contributed by atoms with Crippen molar-refractivity contribution >= 4 is 11.9 Å². The summed E-state index contributed by atoms with van der Waals surface area (Å²) in [6.45, 7) is 3.73. The second-order valence-corrected chi connectivity index (χ2v) is 5.96. The molecule has 0 unspecified atom stereocenters. The highest BCUT2D eigenvalue weighted by atomic mass is 19.4. The fraction of sp³-hybridized carbons (Fsp3) is 0.667. The molecule has 0 saturated heterocycles. The van der Waals surface area contributed by atoms with Crippen LogP contribution in [0.4, 0.5) is 13.2 Å². The predicted octanol–water partition coefficient (Wildman–Crippen LogP) is 3.14. The number of ether oxygens (including phenoxy) is 1. The minimum Gasteiger partial charge on any atom is -0.478 e. The van der Waals surface area contributed by atoms with Crippen LogP contribution in [0, 0.1) is 11.8 Å². The van der Waals surface area contributed by atoms with E-state index in [-0.39, 0.29) is 24.4 Å². The van der Waals surface area contributed by atoms with Crippen molar-refractivity contribution in [1.29, 1.82) is 0 Å². The van der Waals surface area contributed by atoms with Gasteiger partial charge in [-0.15, -0.1) is 0 Å². The summed E-state index contributed by atoms with van der Waals surface area (Å²) in [5.74, 6) is -2.54. The average molecular weight is 348 g/mol. The van der Waals surface area contributed by atoms with E-state index in [9.17, 15) is 22.8 Å². The van der Waals surface area contributed by atoms with Crippen LogP contribution in [-0.2, 0) is 15.7 Å². The number of aromatic carboxylic acids is 1. The number of alkyl halides is 3. The van der Waals surface area contributed by atoms with Crippen LogP contribution in [0.25, 0.3) is 0 Å². The lowest BCUT2D eigenvalue weighted by atomic mass is 9.78. The number of aromatic nitrogens is 2. The molecule has 0 amide bonds. The molecule has 0 aromatic carbocycles. The number of carbonyl (C=O) groups is 2. The summed E-state index contributed by atoms with van der Waals surface area (Å²) in [5.41, 5.74) is -2.11. The van der Waals surface area contributed by atoms with Crippen molar-refractivity contribution in [1.82, 2.24) is 9.78 Å². The highest BCUT2D eigenvalue weighted by molar-refractivity contribution is 5.88. The van der Waals surface area contributed by atoms with Gasteiger partial charge in [0.1, 0.15) is 5.56 Å². The number of carboxylic acid groups (broad SMARTS) is 1. The van der Waals surface area contributed by atoms with Gasteiger partial charge in [0.2, 0.25) is 0 Å². The Balaban J connectivity index is 2.26. The third kappa shape index (κ3) is 3.54. The van der Waals surface area contributed by atoms with E-state index in [0.29, 0.717) is 19.3 Å². The first kappa shape index (κ1) is 18.3. The molecule has 0 radical (unpaired) electrons. The van der Waals surface area contributed by atoms with Crippen molar-refractivity contribution in [3.63, 3.8) is 0 Å². The van der Waals surface area contributed by atoms with Crippen molar-refractivity contribution in [2.24, 2.45) is 11.8 Å². The summed E-state index contributed by atoms with van der Waals surface area (Å²) in [6.07, 6.45) is -3.10. The second kappa shape index (κ2) is 6.82. The number of rotatable bonds is 4. The number of esters is 1. The molecule has 1 fully saturated rings. The Morgan fingerprint density at radius 2 is 2.08 bits per heavy atom. The maximum absolute atomic E-state index is 13.3. The van der Waals surface area contributed by atoms with Gasteiger partial charge in [0.25, 0.3) is 0 Å². The molecule has 6 nitrogen and oxygen atoms in total. The number of hydrogen-bond acceptors (Lipinski definition) is 4. The Morgan fingerprint density at radius 3 is 2.58 bits per heavy atom. The first-order valence-electron chi connectivity index (χ1n) is 7.71. The lowest BCUT2D eigenvalue weighted by Gasteiger charge is -2.33. The molecule has 1 aromatic rings. The van der Waals surface area contributed by atoms with E-state index in [1.165, 1.54) is 0 Å². The van der Waals surface area contributed by atoms with E-state index in [1.54, 1.807) is 13.8 Å². The smallest absolute Gasteiger partial charge is 0.433 e. The molecule has 134 valence electrons. The summed E-state index contributed by atoms with van der Waals surface area (Å²) < 4.78 is 45.5. The van der Waals surface area contributed by atoms with E-state index in [2.05, 4.69) is 5.10 Å². The third-order valence-corrected chi connectivity index (χ3v) is 4.37. The fourth-order valence-corrected chi connectivity index (χ4v) is 3.27. The van der Waals surface area contributed by atoms with Crippen molar-refractivity contribution in [3.8, 4) is 0 Å². The van der Waals surface area contributed by atoms with Crippen LogP contribution in [0.15, 0.2) is 6.20 Å². The minimum absolute atomic E-state index is 0.179. The van der Waals surface area contributed by atoms with Crippen molar-refractivity contribution in [2.75, 3.05) is 6.61 Å². The fourth-order valence-electron chi connectivity index (χ4n) is 3.27. The first-order chi connectivity index (χ1) is 11.2. The monoisotopic (exact) mass is 348 g/mol. The third-order valence-electron chi connectivity index (χ3n) is 4.37. The number of halogens is 3. The first-order valence-corrected chi connectivity index (χ1v) is 7.71. The zero-order valence-corrected chi connectivity index (χ0v) is 13.3. The Kier molecular flexibility index (Phi) is 5.19. The molecule has 1 aromatic heterocycles. The molecule has 1 saturated carbocycles. The summed E-state index contributed by atoms with van der Waals surface area (Å²) in [5, 5.41) is 12.6. The average Bonchev–Trinajstić information content (AvgIpc) is 2.92. The van der Waals surface area contributed by atoms with Gasteiger partial charge >= 0.3 is 18.1 Å². The minimum atomic E-state index is -4.81. The topological polar surface area (TPSA) is 81.4 Å². The number of carbonyl (C=O) groups excluding carboxylic acids is 1. The molecule has 0 bridgehead atoms. The highest BCUT2D eigenvalue weighted by Gasteiger charge is 2.43. The van der Waals surface area contributed by atoms with Crippen LogP contribution in [-0.4, -0.2) is 33.4 Å². The second-order valence-electron chi connectivity index (χ2n) is 5.96. The molecule has 2 rings (SSSR count). The molecular formula is C15H19F3N2O4. The van der Waals surface area contributed by atoms with Gasteiger partial charge in [-0.25, -0.2) is 4.79 Å². The Morgan fingerprint density at radius 1 is 1.42 bits per heavy atom. The van der Waals surface area contributed by atoms with Crippen molar-refractivity contribution < 1.29 is 32.6 Å². The summed E-state index contributed by atoms with van der Waals surface area (Å²) in [7, 11) is 0.